The molecule has 7 heteroatoms. The molecule has 0 saturated carbocycles. The van der Waals surface area contributed by atoms with Crippen molar-refractivity contribution in [3.63, 3.8) is 0 Å². The fourth-order valence-electron chi connectivity index (χ4n) is 1.92. The lowest BCUT2D eigenvalue weighted by Crippen LogP contribution is -2.13. The van der Waals surface area contributed by atoms with E-state index in [4.69, 9.17) is 11.5 Å². The van der Waals surface area contributed by atoms with Gasteiger partial charge >= 0.3 is 0 Å². The van der Waals surface area contributed by atoms with Crippen LogP contribution in [-0.4, -0.2) is 20.7 Å². The Morgan fingerprint density at radius 1 is 1.35 bits per heavy atom. The van der Waals surface area contributed by atoms with Crippen molar-refractivity contribution in [1.29, 1.82) is 0 Å². The van der Waals surface area contributed by atoms with Crippen LogP contribution < -0.4 is 11.5 Å². The van der Waals surface area contributed by atoms with Gasteiger partial charge in [-0.25, -0.2) is 0 Å². The smallest absolute Gasteiger partial charge is 0.249 e. The first kappa shape index (κ1) is 14.5. The highest BCUT2D eigenvalue weighted by atomic mass is 32.2. The summed E-state index contributed by atoms with van der Waals surface area (Å²) < 4.78 is 1.97. The Kier molecular flexibility index (Phi) is 4.75. The van der Waals surface area contributed by atoms with Gasteiger partial charge in [0, 0.05) is 17.9 Å². The summed E-state index contributed by atoms with van der Waals surface area (Å²) in [7, 11) is 0. The van der Waals surface area contributed by atoms with E-state index in [9.17, 15) is 4.79 Å². The van der Waals surface area contributed by atoms with Crippen LogP contribution in [0.5, 0.6) is 0 Å². The molecular formula is C13H17N5OS. The highest BCUT2D eigenvalue weighted by Crippen LogP contribution is 2.23. The molecule has 6 nitrogen and oxygen atoms in total. The lowest BCUT2D eigenvalue weighted by molar-refractivity contribution is 0.0999. The molecule has 0 bridgehead atoms. The molecule has 0 unspecified atom stereocenters. The number of carbonyl (C=O) groups is 1. The molecular weight excluding hydrogens is 274 g/mol. The average Bonchev–Trinajstić information content (AvgIpc) is 2.87. The molecule has 0 aliphatic carbocycles. The van der Waals surface area contributed by atoms with E-state index in [1.807, 2.05) is 23.6 Å². The zero-order valence-electron chi connectivity index (χ0n) is 11.2. The summed E-state index contributed by atoms with van der Waals surface area (Å²) in [6, 6.07) is 7.31. The highest BCUT2D eigenvalue weighted by molar-refractivity contribution is 7.98. The van der Waals surface area contributed by atoms with Crippen molar-refractivity contribution in [2.75, 3.05) is 0 Å². The monoisotopic (exact) mass is 291 g/mol. The molecule has 2 rings (SSSR count). The summed E-state index contributed by atoms with van der Waals surface area (Å²) >= 11 is 1.52. The van der Waals surface area contributed by atoms with Crippen molar-refractivity contribution in [1.82, 2.24) is 14.8 Å². The number of primary amides is 1. The predicted octanol–water partition coefficient (Wildman–Crippen LogP) is 1.15. The number of aromatic nitrogens is 3. The fraction of sp³-hybridized carbons (Fsp3) is 0.308. The van der Waals surface area contributed by atoms with Crippen LogP contribution in [0, 0.1) is 0 Å². The number of rotatable bonds is 6. The maximum atomic E-state index is 11.4. The van der Waals surface area contributed by atoms with E-state index in [0.29, 0.717) is 17.9 Å². The second kappa shape index (κ2) is 6.53. The van der Waals surface area contributed by atoms with Gasteiger partial charge in [0.15, 0.2) is 5.16 Å². The summed E-state index contributed by atoms with van der Waals surface area (Å²) in [6.07, 6.45) is 0. The molecule has 2 aromatic rings. The van der Waals surface area contributed by atoms with E-state index in [-0.39, 0.29) is 0 Å². The summed E-state index contributed by atoms with van der Waals surface area (Å²) in [5, 5.41) is 8.98. The molecule has 0 saturated heterocycles. The van der Waals surface area contributed by atoms with Crippen molar-refractivity contribution in [3.8, 4) is 0 Å². The summed E-state index contributed by atoms with van der Waals surface area (Å²) in [6.45, 7) is 3.14. The molecule has 4 N–H and O–H groups in total. The van der Waals surface area contributed by atoms with Crippen LogP contribution in [0.4, 0.5) is 0 Å². The molecule has 0 aliphatic rings. The van der Waals surface area contributed by atoms with Gasteiger partial charge < -0.3 is 16.0 Å². The highest BCUT2D eigenvalue weighted by Gasteiger charge is 2.12. The van der Waals surface area contributed by atoms with Gasteiger partial charge in [-0.1, -0.05) is 30.0 Å². The van der Waals surface area contributed by atoms with E-state index in [1.54, 1.807) is 12.1 Å². The van der Waals surface area contributed by atoms with Gasteiger partial charge in [0.1, 0.15) is 5.82 Å². The standard InChI is InChI=1S/C13H17N5OS/c1-2-18-11(7-14)16-17-13(18)20-8-9-5-3-4-6-10(9)12(15)19/h3-6H,2,7-8,14H2,1H3,(H2,15,19). The first-order chi connectivity index (χ1) is 9.67. The molecule has 0 spiro atoms. The van der Waals surface area contributed by atoms with Crippen molar-refractivity contribution in [2.45, 2.75) is 30.9 Å². The van der Waals surface area contributed by atoms with Gasteiger partial charge in [0.05, 0.1) is 6.54 Å². The predicted molar refractivity (Wildman–Crippen MR) is 78.1 cm³/mol. The Labute approximate surface area is 121 Å². The minimum atomic E-state index is -0.416. The normalized spacial score (nSPS) is 10.7. The number of thioether (sulfide) groups is 1. The Bertz CT molecular complexity index is 611. The largest absolute Gasteiger partial charge is 0.366 e. The van der Waals surface area contributed by atoms with E-state index >= 15 is 0 Å². The molecule has 106 valence electrons. The van der Waals surface area contributed by atoms with Crippen LogP contribution in [0.1, 0.15) is 28.7 Å². The number of carbonyl (C=O) groups excluding carboxylic acids is 1. The summed E-state index contributed by atoms with van der Waals surface area (Å²) in [4.78, 5) is 11.4. The zero-order chi connectivity index (χ0) is 14.5. The summed E-state index contributed by atoms with van der Waals surface area (Å²) in [5.74, 6) is 0.959. The first-order valence-corrected chi connectivity index (χ1v) is 7.28. The second-order valence-corrected chi connectivity index (χ2v) is 5.10. The Balaban J connectivity index is 2.17. The van der Waals surface area contributed by atoms with Crippen LogP contribution in [0.2, 0.25) is 0 Å². The van der Waals surface area contributed by atoms with E-state index < -0.39 is 5.91 Å². The van der Waals surface area contributed by atoms with E-state index in [1.165, 1.54) is 11.8 Å². The zero-order valence-corrected chi connectivity index (χ0v) is 12.1. The fourth-order valence-corrected chi connectivity index (χ4v) is 2.95. The minimum absolute atomic E-state index is 0.360. The van der Waals surface area contributed by atoms with Crippen LogP contribution in [0.25, 0.3) is 0 Å². The molecule has 0 aliphatic heterocycles. The van der Waals surface area contributed by atoms with Crippen LogP contribution in [0.3, 0.4) is 0 Å². The SMILES string of the molecule is CCn1c(CN)nnc1SCc1ccccc1C(N)=O. The Morgan fingerprint density at radius 2 is 2.10 bits per heavy atom. The lowest BCUT2D eigenvalue weighted by Gasteiger charge is -2.08. The third kappa shape index (κ3) is 3.00. The second-order valence-electron chi connectivity index (χ2n) is 4.16. The molecule has 20 heavy (non-hydrogen) atoms. The maximum Gasteiger partial charge on any atom is 0.249 e. The van der Waals surface area contributed by atoms with Gasteiger partial charge in [-0.05, 0) is 18.6 Å². The van der Waals surface area contributed by atoms with Crippen LogP contribution >= 0.6 is 11.8 Å². The molecule has 0 atom stereocenters. The molecule has 0 fully saturated rings. The number of nitrogens with two attached hydrogens (primary N) is 2. The van der Waals surface area contributed by atoms with E-state index in [0.717, 1.165) is 23.1 Å². The maximum absolute atomic E-state index is 11.4. The third-order valence-electron chi connectivity index (χ3n) is 2.93. The molecule has 1 amide bonds. The van der Waals surface area contributed by atoms with Gasteiger partial charge in [-0.15, -0.1) is 10.2 Å². The van der Waals surface area contributed by atoms with Crippen LogP contribution in [0.15, 0.2) is 29.4 Å². The first-order valence-electron chi connectivity index (χ1n) is 6.30. The third-order valence-corrected chi connectivity index (χ3v) is 3.95. The van der Waals surface area contributed by atoms with Crippen molar-refractivity contribution >= 4 is 17.7 Å². The van der Waals surface area contributed by atoms with Gasteiger partial charge in [-0.3, -0.25) is 4.79 Å². The van der Waals surface area contributed by atoms with Crippen molar-refractivity contribution in [3.05, 3.63) is 41.2 Å². The van der Waals surface area contributed by atoms with Gasteiger partial charge in [0.2, 0.25) is 5.91 Å². The number of nitrogens with zero attached hydrogens (tertiary/aromatic N) is 3. The Hall–Kier alpha value is -1.86. The molecule has 1 aromatic heterocycles. The minimum Gasteiger partial charge on any atom is -0.366 e. The number of hydrogen-bond donors (Lipinski definition) is 2. The Morgan fingerprint density at radius 3 is 2.75 bits per heavy atom. The van der Waals surface area contributed by atoms with Crippen molar-refractivity contribution < 1.29 is 4.79 Å². The van der Waals surface area contributed by atoms with Gasteiger partial charge in [0.25, 0.3) is 0 Å². The van der Waals surface area contributed by atoms with Crippen molar-refractivity contribution in [2.24, 2.45) is 11.5 Å². The van der Waals surface area contributed by atoms with Crippen LogP contribution in [-0.2, 0) is 18.8 Å². The number of amides is 1. The van der Waals surface area contributed by atoms with E-state index in [2.05, 4.69) is 10.2 Å². The topological polar surface area (TPSA) is 99.8 Å². The molecule has 1 heterocycles. The number of benzene rings is 1. The molecule has 0 radical (unpaired) electrons. The average molecular weight is 291 g/mol. The van der Waals surface area contributed by atoms with Gasteiger partial charge in [-0.2, -0.15) is 0 Å². The quantitative estimate of drug-likeness (QED) is 0.778. The lowest BCUT2D eigenvalue weighted by atomic mass is 10.1. The number of hydrogen-bond acceptors (Lipinski definition) is 5. The summed E-state index contributed by atoms with van der Waals surface area (Å²) in [5.41, 5.74) is 12.4. The molecule has 1 aromatic carbocycles.